The predicted octanol–water partition coefficient (Wildman–Crippen LogP) is 2.58. The zero-order valence-corrected chi connectivity index (χ0v) is 9.36. The highest BCUT2D eigenvalue weighted by molar-refractivity contribution is 5.81. The normalized spacial score (nSPS) is 13.6. The second kappa shape index (κ2) is 5.77. The molecule has 0 aliphatic rings. The number of carbonyl (C=O) groups excluding carboxylic acids is 1. The van der Waals surface area contributed by atoms with Gasteiger partial charge in [-0.05, 0) is 6.42 Å². The standard InChI is InChI=1S/C9H12F6O3/c1-2-3-4-5-18-6(16)7(17,8(10,11)12)9(13,14)15/h17H,2-5H2,1H3. The SMILES string of the molecule is CCCCCOC(=O)C(O)(C(F)(F)F)C(F)(F)F. The first kappa shape index (κ1) is 17.0. The Hall–Kier alpha value is -0.990. The number of aliphatic hydroxyl groups is 1. The van der Waals surface area contributed by atoms with Crippen molar-refractivity contribution in [1.82, 2.24) is 0 Å². The predicted molar refractivity (Wildman–Crippen MR) is 47.5 cm³/mol. The second-order valence-electron chi connectivity index (χ2n) is 3.55. The Balaban J connectivity index is 4.86. The van der Waals surface area contributed by atoms with E-state index in [2.05, 4.69) is 4.74 Å². The smallest absolute Gasteiger partial charge is 0.437 e. The molecule has 0 radical (unpaired) electrons. The maximum Gasteiger partial charge on any atom is 0.437 e. The van der Waals surface area contributed by atoms with Gasteiger partial charge in [0.15, 0.2) is 0 Å². The van der Waals surface area contributed by atoms with Gasteiger partial charge in [0.1, 0.15) is 0 Å². The van der Waals surface area contributed by atoms with Crippen molar-refractivity contribution in [2.24, 2.45) is 0 Å². The molecule has 18 heavy (non-hydrogen) atoms. The first-order valence-electron chi connectivity index (χ1n) is 5.01. The van der Waals surface area contributed by atoms with Crippen molar-refractivity contribution in [1.29, 1.82) is 0 Å². The molecule has 0 aliphatic carbocycles. The number of unbranched alkanes of at least 4 members (excludes halogenated alkanes) is 2. The van der Waals surface area contributed by atoms with Gasteiger partial charge in [0.25, 0.3) is 0 Å². The van der Waals surface area contributed by atoms with Gasteiger partial charge in [0, 0.05) is 0 Å². The zero-order valence-electron chi connectivity index (χ0n) is 9.36. The van der Waals surface area contributed by atoms with E-state index < -0.39 is 30.5 Å². The van der Waals surface area contributed by atoms with Crippen LogP contribution in [0.3, 0.4) is 0 Å². The van der Waals surface area contributed by atoms with E-state index in [1.165, 1.54) is 0 Å². The Bertz CT molecular complexity index is 269. The fourth-order valence-electron chi connectivity index (χ4n) is 1.01. The van der Waals surface area contributed by atoms with Crippen LogP contribution in [0.25, 0.3) is 0 Å². The van der Waals surface area contributed by atoms with Crippen molar-refractivity contribution >= 4 is 5.97 Å². The Morgan fingerprint density at radius 1 is 1.06 bits per heavy atom. The highest BCUT2D eigenvalue weighted by atomic mass is 19.4. The summed E-state index contributed by atoms with van der Waals surface area (Å²) in [4.78, 5) is 10.8. The summed E-state index contributed by atoms with van der Waals surface area (Å²) in [6, 6.07) is 0. The van der Waals surface area contributed by atoms with Crippen molar-refractivity contribution in [2.45, 2.75) is 44.1 Å². The molecule has 0 fully saturated rings. The van der Waals surface area contributed by atoms with Crippen LogP contribution in [0.2, 0.25) is 0 Å². The van der Waals surface area contributed by atoms with Crippen LogP contribution >= 0.6 is 0 Å². The van der Waals surface area contributed by atoms with Crippen LogP contribution in [0.5, 0.6) is 0 Å². The van der Waals surface area contributed by atoms with Crippen LogP contribution in [0, 0.1) is 0 Å². The molecule has 3 nitrogen and oxygen atoms in total. The lowest BCUT2D eigenvalue weighted by molar-refractivity contribution is -0.356. The van der Waals surface area contributed by atoms with Gasteiger partial charge in [-0.15, -0.1) is 0 Å². The van der Waals surface area contributed by atoms with E-state index in [1.807, 2.05) is 0 Å². The van der Waals surface area contributed by atoms with E-state index in [9.17, 15) is 31.1 Å². The van der Waals surface area contributed by atoms with Gasteiger partial charge in [-0.2, -0.15) is 26.3 Å². The van der Waals surface area contributed by atoms with Gasteiger partial charge in [0.05, 0.1) is 6.61 Å². The van der Waals surface area contributed by atoms with Crippen LogP contribution in [0.15, 0.2) is 0 Å². The minimum absolute atomic E-state index is 0.119. The maximum absolute atomic E-state index is 12.2. The van der Waals surface area contributed by atoms with E-state index in [1.54, 1.807) is 6.92 Å². The minimum atomic E-state index is -6.19. The summed E-state index contributed by atoms with van der Waals surface area (Å²) in [5.74, 6) is -2.75. The number of hydrogen-bond donors (Lipinski definition) is 1. The summed E-state index contributed by atoms with van der Waals surface area (Å²) >= 11 is 0. The quantitative estimate of drug-likeness (QED) is 0.479. The van der Waals surface area contributed by atoms with Gasteiger partial charge in [0.2, 0.25) is 0 Å². The van der Waals surface area contributed by atoms with Crippen molar-refractivity contribution in [3.05, 3.63) is 0 Å². The van der Waals surface area contributed by atoms with Crippen LogP contribution in [0.1, 0.15) is 26.2 Å². The number of alkyl halides is 6. The summed E-state index contributed by atoms with van der Waals surface area (Å²) in [5, 5.41) is 8.58. The van der Waals surface area contributed by atoms with Crippen molar-refractivity contribution in [2.75, 3.05) is 6.61 Å². The summed E-state index contributed by atoms with van der Waals surface area (Å²) in [5.41, 5.74) is -5.48. The molecule has 0 spiro atoms. The largest absolute Gasteiger partial charge is 0.463 e. The Labute approximate surface area is 98.7 Å². The Morgan fingerprint density at radius 3 is 1.83 bits per heavy atom. The number of hydrogen-bond acceptors (Lipinski definition) is 3. The number of esters is 1. The fraction of sp³-hybridized carbons (Fsp3) is 0.889. The molecule has 0 aromatic heterocycles. The molecule has 0 aromatic rings. The average Bonchev–Trinajstić information content (AvgIpc) is 2.19. The summed E-state index contributed by atoms with van der Waals surface area (Å²) in [6.07, 6.45) is -11.1. The maximum atomic E-state index is 12.2. The zero-order chi connectivity index (χ0) is 14.6. The first-order chi connectivity index (χ1) is 7.98. The molecule has 0 aliphatic heterocycles. The molecule has 0 heterocycles. The van der Waals surface area contributed by atoms with Crippen molar-refractivity contribution < 1.29 is 41.0 Å². The number of ether oxygens (including phenoxy) is 1. The summed E-state index contributed by atoms with van der Waals surface area (Å²) in [6.45, 7) is 1.13. The fourth-order valence-corrected chi connectivity index (χ4v) is 1.01. The van der Waals surface area contributed by atoms with Crippen LogP contribution in [-0.2, 0) is 9.53 Å². The summed E-state index contributed by atoms with van der Waals surface area (Å²) in [7, 11) is 0. The van der Waals surface area contributed by atoms with Crippen LogP contribution in [0.4, 0.5) is 26.3 Å². The summed E-state index contributed by atoms with van der Waals surface area (Å²) < 4.78 is 76.8. The van der Waals surface area contributed by atoms with Gasteiger partial charge < -0.3 is 9.84 Å². The van der Waals surface area contributed by atoms with Gasteiger partial charge in [-0.25, -0.2) is 4.79 Å². The Kier molecular flexibility index (Phi) is 5.45. The third kappa shape index (κ3) is 3.50. The lowest BCUT2D eigenvalue weighted by Crippen LogP contribution is -2.63. The molecule has 9 heteroatoms. The third-order valence-corrected chi connectivity index (χ3v) is 2.10. The van der Waals surface area contributed by atoms with Crippen molar-refractivity contribution in [3.8, 4) is 0 Å². The third-order valence-electron chi connectivity index (χ3n) is 2.10. The van der Waals surface area contributed by atoms with E-state index in [0.717, 1.165) is 0 Å². The monoisotopic (exact) mass is 282 g/mol. The molecule has 0 saturated carbocycles. The van der Waals surface area contributed by atoms with E-state index in [-0.39, 0.29) is 6.42 Å². The molecule has 0 amide bonds. The van der Waals surface area contributed by atoms with Crippen LogP contribution in [-0.4, -0.2) is 35.6 Å². The number of rotatable bonds is 5. The highest BCUT2D eigenvalue weighted by Gasteiger charge is 2.76. The van der Waals surface area contributed by atoms with E-state index >= 15 is 0 Å². The first-order valence-corrected chi connectivity index (χ1v) is 5.01. The minimum Gasteiger partial charge on any atom is -0.463 e. The average molecular weight is 282 g/mol. The van der Waals surface area contributed by atoms with E-state index in [0.29, 0.717) is 12.8 Å². The topological polar surface area (TPSA) is 46.5 Å². The molecule has 0 bridgehead atoms. The van der Waals surface area contributed by atoms with Crippen molar-refractivity contribution in [3.63, 3.8) is 0 Å². The van der Waals surface area contributed by atoms with E-state index in [4.69, 9.17) is 5.11 Å². The molecule has 1 N–H and O–H groups in total. The molecule has 108 valence electrons. The van der Waals surface area contributed by atoms with Gasteiger partial charge >= 0.3 is 23.9 Å². The molecular weight excluding hydrogens is 270 g/mol. The molecule has 0 unspecified atom stereocenters. The Morgan fingerprint density at radius 2 is 1.50 bits per heavy atom. The molecule has 0 aromatic carbocycles. The molecule has 0 rings (SSSR count). The lowest BCUT2D eigenvalue weighted by atomic mass is 10.0. The van der Waals surface area contributed by atoms with Crippen LogP contribution < -0.4 is 0 Å². The molecular formula is C9H12F6O3. The lowest BCUT2D eigenvalue weighted by Gasteiger charge is -2.29. The number of carbonyl (C=O) groups is 1. The van der Waals surface area contributed by atoms with Gasteiger partial charge in [-0.1, -0.05) is 19.8 Å². The molecule has 0 saturated heterocycles. The molecule has 0 atom stereocenters. The number of halogens is 6. The second-order valence-corrected chi connectivity index (χ2v) is 3.55. The highest BCUT2D eigenvalue weighted by Crippen LogP contribution is 2.43. The van der Waals surface area contributed by atoms with Gasteiger partial charge in [-0.3, -0.25) is 0 Å².